The number of piperidine rings is 1. The second-order valence-electron chi connectivity index (χ2n) is 8.19. The Morgan fingerprint density at radius 2 is 1.84 bits per heavy atom. The number of rotatable bonds is 6. The first-order chi connectivity index (χ1) is 14.6. The molecule has 31 heavy (non-hydrogen) atoms. The number of benzene rings is 2. The van der Waals surface area contributed by atoms with Gasteiger partial charge in [-0.15, -0.1) is 0 Å². The van der Waals surface area contributed by atoms with Gasteiger partial charge in [-0.2, -0.15) is 4.31 Å². The summed E-state index contributed by atoms with van der Waals surface area (Å²) >= 11 is 6.03. The molecule has 0 atom stereocenters. The number of hydrogen-bond donors (Lipinski definition) is 1. The summed E-state index contributed by atoms with van der Waals surface area (Å²) in [5.41, 5.74) is 2.54. The molecule has 3 rings (SSSR count). The van der Waals surface area contributed by atoms with Crippen LogP contribution in [0.2, 0.25) is 5.02 Å². The smallest absolute Gasteiger partial charge is 0.246 e. The predicted molar refractivity (Wildman–Crippen MR) is 123 cm³/mol. The monoisotopic (exact) mass is 464 g/mol. The Kier molecular flexibility index (Phi) is 7.29. The third-order valence-corrected chi connectivity index (χ3v) is 7.91. The molecule has 0 aromatic heterocycles. The minimum absolute atomic E-state index is 0.109. The van der Waals surface area contributed by atoms with Gasteiger partial charge in [0.25, 0.3) is 0 Å². The first-order valence-corrected chi connectivity index (χ1v) is 12.2. The van der Waals surface area contributed by atoms with Gasteiger partial charge in [0, 0.05) is 29.7 Å². The van der Waals surface area contributed by atoms with Crippen molar-refractivity contribution in [3.63, 3.8) is 0 Å². The summed E-state index contributed by atoms with van der Waals surface area (Å²) in [4.78, 5) is 12.9. The van der Waals surface area contributed by atoms with E-state index in [-0.39, 0.29) is 35.7 Å². The van der Waals surface area contributed by atoms with Crippen molar-refractivity contribution in [2.45, 2.75) is 44.4 Å². The quantitative estimate of drug-likeness (QED) is 0.664. The van der Waals surface area contributed by atoms with Gasteiger partial charge in [-0.1, -0.05) is 37.6 Å². The normalized spacial score (nSPS) is 15.8. The number of halogens is 1. The van der Waals surface area contributed by atoms with Gasteiger partial charge in [0.15, 0.2) is 0 Å². The van der Waals surface area contributed by atoms with Crippen molar-refractivity contribution in [2.75, 3.05) is 25.5 Å². The maximum absolute atomic E-state index is 13.3. The molecular weight excluding hydrogens is 436 g/mol. The first-order valence-electron chi connectivity index (χ1n) is 10.4. The van der Waals surface area contributed by atoms with E-state index in [0.717, 1.165) is 11.1 Å². The van der Waals surface area contributed by atoms with Crippen molar-refractivity contribution in [3.8, 4) is 5.75 Å². The standard InChI is InChI=1S/C23H29ClN2O4S/c1-15(2)18-6-8-21(30-4)22(13-18)31(28,29)26-11-9-17(10-12-26)23(27)25-20-14-19(24)7-5-16(20)3/h5-8,13-15,17H,9-12H2,1-4H3,(H,25,27). The molecule has 0 radical (unpaired) electrons. The molecule has 0 saturated carbocycles. The average molecular weight is 465 g/mol. The molecule has 1 amide bonds. The van der Waals surface area contributed by atoms with Gasteiger partial charge in [-0.25, -0.2) is 8.42 Å². The molecule has 0 bridgehead atoms. The second kappa shape index (κ2) is 9.59. The second-order valence-corrected chi connectivity index (χ2v) is 10.5. The molecule has 1 saturated heterocycles. The van der Waals surface area contributed by atoms with Crippen LogP contribution in [-0.4, -0.2) is 38.8 Å². The maximum atomic E-state index is 13.3. The molecule has 8 heteroatoms. The predicted octanol–water partition coefficient (Wildman–Crippen LogP) is 4.82. The van der Waals surface area contributed by atoms with Crippen LogP contribution in [0.3, 0.4) is 0 Å². The molecule has 1 N–H and O–H groups in total. The SMILES string of the molecule is COc1ccc(C(C)C)cc1S(=O)(=O)N1CCC(C(=O)Nc2cc(Cl)ccc2C)CC1. The van der Waals surface area contributed by atoms with Crippen molar-refractivity contribution in [3.05, 3.63) is 52.5 Å². The highest BCUT2D eigenvalue weighted by atomic mass is 35.5. The van der Waals surface area contributed by atoms with E-state index >= 15 is 0 Å². The summed E-state index contributed by atoms with van der Waals surface area (Å²) in [5.74, 6) is 0.167. The lowest BCUT2D eigenvalue weighted by Gasteiger charge is -2.31. The fraction of sp³-hybridized carbons (Fsp3) is 0.435. The Bertz CT molecular complexity index is 1060. The van der Waals surface area contributed by atoms with Crippen molar-refractivity contribution in [2.24, 2.45) is 5.92 Å². The highest BCUT2D eigenvalue weighted by molar-refractivity contribution is 7.89. The van der Waals surface area contributed by atoms with Crippen molar-refractivity contribution in [1.82, 2.24) is 4.31 Å². The Morgan fingerprint density at radius 3 is 2.45 bits per heavy atom. The number of amides is 1. The van der Waals surface area contributed by atoms with Crippen LogP contribution in [0.5, 0.6) is 5.75 Å². The van der Waals surface area contributed by atoms with Crippen LogP contribution in [0, 0.1) is 12.8 Å². The summed E-state index contributed by atoms with van der Waals surface area (Å²) < 4.78 is 33.4. The fourth-order valence-corrected chi connectivity index (χ4v) is 5.55. The Morgan fingerprint density at radius 1 is 1.16 bits per heavy atom. The zero-order valence-electron chi connectivity index (χ0n) is 18.3. The van der Waals surface area contributed by atoms with E-state index in [1.165, 1.54) is 11.4 Å². The zero-order chi connectivity index (χ0) is 22.8. The number of sulfonamides is 1. The molecule has 2 aromatic rings. The van der Waals surface area contributed by atoms with Crippen molar-refractivity contribution >= 4 is 33.2 Å². The van der Waals surface area contributed by atoms with E-state index in [1.807, 2.05) is 32.9 Å². The Balaban J connectivity index is 1.72. The molecule has 1 fully saturated rings. The molecule has 1 aliphatic heterocycles. The number of aryl methyl sites for hydroxylation is 1. The molecule has 0 spiro atoms. The van der Waals surface area contributed by atoms with Crippen LogP contribution >= 0.6 is 11.6 Å². The van der Waals surface area contributed by atoms with Crippen LogP contribution in [0.4, 0.5) is 5.69 Å². The lowest BCUT2D eigenvalue weighted by molar-refractivity contribution is -0.120. The molecule has 1 aliphatic rings. The molecule has 6 nitrogen and oxygen atoms in total. The highest BCUT2D eigenvalue weighted by Gasteiger charge is 2.34. The van der Waals surface area contributed by atoms with Crippen LogP contribution in [-0.2, 0) is 14.8 Å². The summed E-state index contributed by atoms with van der Waals surface area (Å²) in [6.07, 6.45) is 0.910. The zero-order valence-corrected chi connectivity index (χ0v) is 19.9. The van der Waals surface area contributed by atoms with Crippen molar-refractivity contribution < 1.29 is 17.9 Å². The van der Waals surface area contributed by atoms with Gasteiger partial charge in [0.05, 0.1) is 7.11 Å². The largest absolute Gasteiger partial charge is 0.495 e. The highest BCUT2D eigenvalue weighted by Crippen LogP contribution is 2.32. The van der Waals surface area contributed by atoms with E-state index in [2.05, 4.69) is 5.32 Å². The maximum Gasteiger partial charge on any atom is 0.246 e. The van der Waals surface area contributed by atoms with Crippen LogP contribution in [0.25, 0.3) is 0 Å². The van der Waals surface area contributed by atoms with E-state index in [1.54, 1.807) is 24.3 Å². The molecular formula is C23H29ClN2O4S. The van der Waals surface area contributed by atoms with Crippen LogP contribution in [0.15, 0.2) is 41.3 Å². The van der Waals surface area contributed by atoms with Crippen molar-refractivity contribution in [1.29, 1.82) is 0 Å². The van der Waals surface area contributed by atoms with Crippen LogP contribution < -0.4 is 10.1 Å². The number of hydrogen-bond acceptors (Lipinski definition) is 4. The molecule has 0 aliphatic carbocycles. The number of nitrogens with one attached hydrogen (secondary N) is 1. The number of carbonyl (C=O) groups is 1. The third-order valence-electron chi connectivity index (χ3n) is 5.75. The van der Waals surface area contributed by atoms with Gasteiger partial charge < -0.3 is 10.1 Å². The van der Waals surface area contributed by atoms with E-state index in [0.29, 0.717) is 29.3 Å². The number of ether oxygens (including phenoxy) is 1. The Labute approximate surface area is 189 Å². The third kappa shape index (κ3) is 5.22. The van der Waals surface area contributed by atoms with Crippen LogP contribution in [0.1, 0.15) is 43.7 Å². The number of nitrogens with zero attached hydrogens (tertiary/aromatic N) is 1. The first kappa shape index (κ1) is 23.6. The van der Waals surface area contributed by atoms with Gasteiger partial charge >= 0.3 is 0 Å². The van der Waals surface area contributed by atoms with E-state index in [4.69, 9.17) is 16.3 Å². The summed E-state index contributed by atoms with van der Waals surface area (Å²) in [6.45, 7) is 6.50. The number of anilines is 1. The fourth-order valence-electron chi connectivity index (χ4n) is 3.72. The van der Waals surface area contributed by atoms with Gasteiger partial charge in [0.2, 0.25) is 15.9 Å². The van der Waals surface area contributed by atoms with Gasteiger partial charge in [-0.3, -0.25) is 4.79 Å². The summed E-state index contributed by atoms with van der Waals surface area (Å²) in [6, 6.07) is 10.6. The molecule has 0 unspecified atom stereocenters. The minimum atomic E-state index is -3.72. The number of carbonyl (C=O) groups excluding carboxylic acids is 1. The topological polar surface area (TPSA) is 75.7 Å². The lowest BCUT2D eigenvalue weighted by atomic mass is 9.97. The lowest BCUT2D eigenvalue weighted by Crippen LogP contribution is -2.41. The van der Waals surface area contributed by atoms with Gasteiger partial charge in [-0.05, 0) is 61.1 Å². The average Bonchev–Trinajstić information content (AvgIpc) is 2.75. The summed E-state index contributed by atoms with van der Waals surface area (Å²) in [7, 11) is -2.25. The van der Waals surface area contributed by atoms with E-state index < -0.39 is 10.0 Å². The minimum Gasteiger partial charge on any atom is -0.495 e. The molecule has 168 valence electrons. The Hall–Kier alpha value is -2.09. The van der Waals surface area contributed by atoms with Gasteiger partial charge in [0.1, 0.15) is 10.6 Å². The number of methoxy groups -OCH3 is 1. The summed E-state index contributed by atoms with van der Waals surface area (Å²) in [5, 5.41) is 3.49. The molecule has 2 aromatic carbocycles. The molecule has 1 heterocycles. The van der Waals surface area contributed by atoms with E-state index in [9.17, 15) is 13.2 Å².